The summed E-state index contributed by atoms with van der Waals surface area (Å²) >= 11 is 0. The van der Waals surface area contributed by atoms with Crippen LogP contribution in [0.15, 0.2) is 36.4 Å². The van der Waals surface area contributed by atoms with Gasteiger partial charge in [0.15, 0.2) is 5.78 Å². The molecule has 21 heavy (non-hydrogen) atoms. The molecule has 2 aromatic rings. The van der Waals surface area contributed by atoms with Crippen molar-refractivity contribution in [2.45, 2.75) is 27.7 Å². The molecule has 0 aromatic heterocycles. The smallest absolute Gasteiger partial charge is 0.193 e. The molecule has 0 aliphatic heterocycles. The van der Waals surface area contributed by atoms with E-state index in [0.717, 1.165) is 22.0 Å². The molecular weight excluding hydrogens is 279 g/mol. The number of carbonyl (C=O) groups is 1. The van der Waals surface area contributed by atoms with Crippen LogP contribution in [0.25, 0.3) is 0 Å². The first kappa shape index (κ1) is 15.7. The van der Waals surface area contributed by atoms with Gasteiger partial charge in [0.1, 0.15) is 7.80 Å². The van der Waals surface area contributed by atoms with Gasteiger partial charge < -0.3 is 4.57 Å². The van der Waals surface area contributed by atoms with Crippen molar-refractivity contribution in [2.24, 2.45) is 0 Å². The molecule has 3 heteroatoms. The van der Waals surface area contributed by atoms with E-state index in [1.165, 1.54) is 0 Å². The number of hydrogen-bond acceptors (Lipinski definition) is 2. The second-order valence-electron chi connectivity index (χ2n) is 5.36. The monoisotopic (exact) mass is 300 g/mol. The summed E-state index contributed by atoms with van der Waals surface area (Å²) in [5, 5.41) is 0.882. The van der Waals surface area contributed by atoms with E-state index in [1.54, 1.807) is 0 Å². The molecule has 1 atom stereocenters. The SMILES string of the molecule is CC[PH](=O)c1c(C)cc(C)c(C(=O)c2ccccc2)c1C. The van der Waals surface area contributed by atoms with Crippen LogP contribution in [-0.4, -0.2) is 11.9 Å². The van der Waals surface area contributed by atoms with E-state index in [9.17, 15) is 9.36 Å². The normalized spacial score (nSPS) is 12.2. The van der Waals surface area contributed by atoms with Crippen LogP contribution in [0.3, 0.4) is 0 Å². The molecule has 0 aliphatic carbocycles. The minimum Gasteiger partial charge on any atom is -0.322 e. The molecule has 0 saturated heterocycles. The van der Waals surface area contributed by atoms with Gasteiger partial charge in [-0.05, 0) is 43.6 Å². The molecule has 110 valence electrons. The van der Waals surface area contributed by atoms with Gasteiger partial charge in [-0.3, -0.25) is 4.79 Å². The zero-order chi connectivity index (χ0) is 15.6. The molecule has 0 amide bonds. The molecule has 2 nitrogen and oxygen atoms in total. The van der Waals surface area contributed by atoms with Crippen LogP contribution < -0.4 is 5.30 Å². The topological polar surface area (TPSA) is 34.1 Å². The molecule has 0 saturated carbocycles. The highest BCUT2D eigenvalue weighted by molar-refractivity contribution is 7.53. The Morgan fingerprint density at radius 2 is 1.67 bits per heavy atom. The molecule has 0 aliphatic rings. The Morgan fingerprint density at radius 1 is 1.05 bits per heavy atom. The average Bonchev–Trinajstić information content (AvgIpc) is 2.47. The maximum Gasteiger partial charge on any atom is 0.193 e. The van der Waals surface area contributed by atoms with Crippen molar-refractivity contribution in [2.75, 3.05) is 6.16 Å². The van der Waals surface area contributed by atoms with Crippen LogP contribution in [0.5, 0.6) is 0 Å². The van der Waals surface area contributed by atoms with Gasteiger partial charge in [0.05, 0.1) is 0 Å². The van der Waals surface area contributed by atoms with E-state index < -0.39 is 7.80 Å². The Balaban J connectivity index is 2.64. The molecular formula is C18H21O2P. The van der Waals surface area contributed by atoms with E-state index in [2.05, 4.69) is 0 Å². The zero-order valence-corrected chi connectivity index (χ0v) is 14.0. The van der Waals surface area contributed by atoms with Crippen molar-refractivity contribution in [3.05, 3.63) is 64.2 Å². The first-order valence-electron chi connectivity index (χ1n) is 7.21. The molecule has 2 rings (SSSR count). The summed E-state index contributed by atoms with van der Waals surface area (Å²) in [5.74, 6) is 0.0118. The molecule has 2 aromatic carbocycles. The van der Waals surface area contributed by atoms with Crippen molar-refractivity contribution < 1.29 is 9.36 Å². The van der Waals surface area contributed by atoms with Crippen molar-refractivity contribution in [1.82, 2.24) is 0 Å². The predicted molar refractivity (Wildman–Crippen MR) is 89.7 cm³/mol. The van der Waals surface area contributed by atoms with Crippen molar-refractivity contribution >= 4 is 18.9 Å². The van der Waals surface area contributed by atoms with Gasteiger partial charge in [0.25, 0.3) is 0 Å². The first-order chi connectivity index (χ1) is 9.97. The number of aryl methyl sites for hydroxylation is 2. The van der Waals surface area contributed by atoms with Crippen LogP contribution >= 0.6 is 7.80 Å². The molecule has 0 fully saturated rings. The lowest BCUT2D eigenvalue weighted by atomic mass is 9.93. The van der Waals surface area contributed by atoms with E-state index >= 15 is 0 Å². The van der Waals surface area contributed by atoms with Crippen LogP contribution in [-0.2, 0) is 4.57 Å². The highest BCUT2D eigenvalue weighted by Crippen LogP contribution is 2.28. The minimum atomic E-state index is -1.82. The third-order valence-electron chi connectivity index (χ3n) is 3.83. The predicted octanol–water partition coefficient (Wildman–Crippen LogP) is 4.05. The molecule has 0 spiro atoms. The van der Waals surface area contributed by atoms with Gasteiger partial charge in [0.2, 0.25) is 0 Å². The van der Waals surface area contributed by atoms with Gasteiger partial charge in [-0.25, -0.2) is 0 Å². The Hall–Kier alpha value is -1.66. The number of rotatable bonds is 4. The third kappa shape index (κ3) is 3.01. The Morgan fingerprint density at radius 3 is 2.24 bits per heavy atom. The fraction of sp³-hybridized carbons (Fsp3) is 0.278. The highest BCUT2D eigenvalue weighted by Gasteiger charge is 2.20. The minimum absolute atomic E-state index is 0.0118. The first-order valence-corrected chi connectivity index (χ1v) is 8.82. The van der Waals surface area contributed by atoms with Crippen LogP contribution in [0.1, 0.15) is 39.5 Å². The second-order valence-corrected chi connectivity index (χ2v) is 7.41. The summed E-state index contributed by atoms with van der Waals surface area (Å²) in [7, 11) is -1.82. The number of ketones is 1. The third-order valence-corrected chi connectivity index (χ3v) is 5.80. The summed E-state index contributed by atoms with van der Waals surface area (Å²) in [6, 6.07) is 11.3. The molecule has 0 radical (unpaired) electrons. The Labute approximate surface area is 127 Å². The largest absolute Gasteiger partial charge is 0.322 e. The van der Waals surface area contributed by atoms with E-state index in [0.29, 0.717) is 17.3 Å². The quantitative estimate of drug-likeness (QED) is 0.630. The Kier molecular flexibility index (Phi) is 4.80. The van der Waals surface area contributed by atoms with Gasteiger partial charge in [0, 0.05) is 16.4 Å². The lowest BCUT2D eigenvalue weighted by molar-refractivity contribution is 0.103. The summed E-state index contributed by atoms with van der Waals surface area (Å²) in [5.41, 5.74) is 4.24. The van der Waals surface area contributed by atoms with Gasteiger partial charge in [-0.15, -0.1) is 0 Å². The van der Waals surface area contributed by atoms with Crippen LogP contribution in [0.2, 0.25) is 0 Å². The van der Waals surface area contributed by atoms with Crippen molar-refractivity contribution in [3.63, 3.8) is 0 Å². The summed E-state index contributed by atoms with van der Waals surface area (Å²) in [6.07, 6.45) is 0.633. The highest BCUT2D eigenvalue weighted by atomic mass is 31.1. The molecule has 0 heterocycles. The lowest BCUT2D eigenvalue weighted by Gasteiger charge is -2.16. The molecule has 1 unspecified atom stereocenters. The summed E-state index contributed by atoms with van der Waals surface area (Å²) < 4.78 is 12.4. The van der Waals surface area contributed by atoms with Crippen molar-refractivity contribution in [3.8, 4) is 0 Å². The fourth-order valence-electron chi connectivity index (χ4n) is 2.87. The van der Waals surface area contributed by atoms with Crippen LogP contribution in [0, 0.1) is 20.8 Å². The van der Waals surface area contributed by atoms with Gasteiger partial charge in [-0.1, -0.05) is 43.3 Å². The van der Waals surface area contributed by atoms with Crippen molar-refractivity contribution in [1.29, 1.82) is 0 Å². The van der Waals surface area contributed by atoms with Gasteiger partial charge >= 0.3 is 0 Å². The number of benzene rings is 2. The molecule has 0 N–H and O–H groups in total. The fourth-order valence-corrected chi connectivity index (χ4v) is 4.28. The van der Waals surface area contributed by atoms with E-state index in [-0.39, 0.29) is 5.78 Å². The van der Waals surface area contributed by atoms with Crippen LogP contribution in [0.4, 0.5) is 0 Å². The molecule has 0 bridgehead atoms. The summed E-state index contributed by atoms with van der Waals surface area (Å²) in [6.45, 7) is 7.77. The average molecular weight is 300 g/mol. The second kappa shape index (κ2) is 6.41. The Bertz CT molecular complexity index is 703. The maximum atomic E-state index is 12.8. The van der Waals surface area contributed by atoms with Gasteiger partial charge in [-0.2, -0.15) is 0 Å². The van der Waals surface area contributed by atoms with E-state index in [4.69, 9.17) is 0 Å². The number of carbonyl (C=O) groups excluding carboxylic acids is 1. The standard InChI is InChI=1S/C18H21O2P/c1-5-21(20)18-13(3)11-12(2)16(14(18)4)17(19)15-9-7-6-8-10-15/h6-11,21H,5H2,1-4H3. The van der Waals surface area contributed by atoms with E-state index in [1.807, 2.05) is 64.1 Å². The number of hydrogen-bond donors (Lipinski definition) is 0. The summed E-state index contributed by atoms with van der Waals surface area (Å²) in [4.78, 5) is 12.8. The zero-order valence-electron chi connectivity index (χ0n) is 13.0. The maximum absolute atomic E-state index is 12.8. The lowest BCUT2D eigenvalue weighted by Crippen LogP contribution is -2.16.